The third-order valence-electron chi connectivity index (χ3n) is 2.66. The number of aromatic nitrogens is 5. The second-order valence-corrected chi connectivity index (χ2v) is 4.19. The average Bonchev–Trinajstić information content (AvgIpc) is 2.83. The van der Waals surface area contributed by atoms with Gasteiger partial charge in [-0.2, -0.15) is 0 Å². The van der Waals surface area contributed by atoms with Crippen LogP contribution in [0.3, 0.4) is 0 Å². The van der Waals surface area contributed by atoms with Gasteiger partial charge in [0.25, 0.3) is 0 Å². The fourth-order valence-electron chi connectivity index (χ4n) is 1.63. The van der Waals surface area contributed by atoms with Crippen molar-refractivity contribution in [2.24, 2.45) is 7.05 Å². The summed E-state index contributed by atoms with van der Waals surface area (Å²) in [4.78, 5) is 10.6. The number of hydrogen-bond donors (Lipinski definition) is 2. The molecule has 1 atom stereocenters. The van der Waals surface area contributed by atoms with E-state index in [1.807, 2.05) is 18.5 Å². The molecular formula is C11H14N6O2. The van der Waals surface area contributed by atoms with Gasteiger partial charge in [-0.15, -0.1) is 20.4 Å². The summed E-state index contributed by atoms with van der Waals surface area (Å²) in [7, 11) is 1.88. The molecule has 0 fully saturated rings. The van der Waals surface area contributed by atoms with Crippen molar-refractivity contribution >= 4 is 11.8 Å². The predicted octanol–water partition coefficient (Wildman–Crippen LogP) is 0.519. The second kappa shape index (κ2) is 5.42. The van der Waals surface area contributed by atoms with Gasteiger partial charge in [0.2, 0.25) is 0 Å². The molecule has 2 heterocycles. The highest BCUT2D eigenvalue weighted by Crippen LogP contribution is 2.12. The quantitative estimate of drug-likeness (QED) is 0.809. The number of rotatable bonds is 5. The van der Waals surface area contributed by atoms with Crippen molar-refractivity contribution in [3.8, 4) is 0 Å². The minimum atomic E-state index is -1.09. The molecule has 8 heteroatoms. The highest BCUT2D eigenvalue weighted by molar-refractivity contribution is 5.85. The maximum absolute atomic E-state index is 10.6. The molecule has 8 nitrogen and oxygen atoms in total. The number of aromatic carboxylic acids is 1. The van der Waals surface area contributed by atoms with E-state index in [2.05, 4.69) is 25.7 Å². The van der Waals surface area contributed by atoms with Gasteiger partial charge < -0.3 is 15.0 Å². The highest BCUT2D eigenvalue weighted by Gasteiger charge is 2.11. The molecule has 100 valence electrons. The number of anilines is 1. The molecule has 19 heavy (non-hydrogen) atoms. The van der Waals surface area contributed by atoms with E-state index in [1.54, 1.807) is 12.4 Å². The fourth-order valence-corrected chi connectivity index (χ4v) is 1.63. The van der Waals surface area contributed by atoms with Gasteiger partial charge in [-0.25, -0.2) is 4.79 Å². The van der Waals surface area contributed by atoms with Gasteiger partial charge in [-0.1, -0.05) is 6.92 Å². The zero-order chi connectivity index (χ0) is 13.8. The lowest BCUT2D eigenvalue weighted by molar-refractivity contribution is 0.0689. The van der Waals surface area contributed by atoms with E-state index < -0.39 is 5.97 Å². The lowest BCUT2D eigenvalue weighted by atomic mass is 10.1. The fraction of sp³-hybridized carbons (Fsp3) is 0.364. The number of nitrogens with zero attached hydrogens (tertiary/aromatic N) is 5. The summed E-state index contributed by atoms with van der Waals surface area (Å²) in [6.45, 7) is 2.61. The first-order valence-corrected chi connectivity index (χ1v) is 5.72. The third-order valence-corrected chi connectivity index (χ3v) is 2.66. The summed E-state index contributed by atoms with van der Waals surface area (Å²) in [6.07, 6.45) is 1.65. The number of aryl methyl sites for hydroxylation is 1. The molecule has 0 radical (unpaired) electrons. The van der Waals surface area contributed by atoms with E-state index in [0.717, 1.165) is 5.82 Å². The number of carbonyl (C=O) groups is 1. The van der Waals surface area contributed by atoms with Crippen molar-refractivity contribution in [2.75, 3.05) is 11.9 Å². The maximum atomic E-state index is 10.6. The first-order valence-electron chi connectivity index (χ1n) is 5.72. The van der Waals surface area contributed by atoms with E-state index >= 15 is 0 Å². The van der Waals surface area contributed by atoms with Crippen LogP contribution in [0, 0.1) is 0 Å². The Morgan fingerprint density at radius 2 is 2.21 bits per heavy atom. The number of carboxylic acid groups (broad SMARTS) is 1. The Bertz CT molecular complexity index is 565. The third kappa shape index (κ3) is 3.03. The summed E-state index contributed by atoms with van der Waals surface area (Å²) >= 11 is 0. The first kappa shape index (κ1) is 12.9. The Hall–Kier alpha value is -2.51. The molecule has 2 aromatic rings. The van der Waals surface area contributed by atoms with Crippen LogP contribution in [0.1, 0.15) is 29.2 Å². The van der Waals surface area contributed by atoms with Crippen molar-refractivity contribution in [1.29, 1.82) is 0 Å². The van der Waals surface area contributed by atoms with E-state index in [4.69, 9.17) is 5.11 Å². The molecule has 0 aliphatic rings. The lowest BCUT2D eigenvalue weighted by Crippen LogP contribution is -2.15. The lowest BCUT2D eigenvalue weighted by Gasteiger charge is -2.11. The Labute approximate surface area is 109 Å². The highest BCUT2D eigenvalue weighted by atomic mass is 16.4. The number of carboxylic acids is 1. The predicted molar refractivity (Wildman–Crippen MR) is 66.9 cm³/mol. The van der Waals surface area contributed by atoms with E-state index in [-0.39, 0.29) is 11.6 Å². The van der Waals surface area contributed by atoms with Crippen LogP contribution in [0.2, 0.25) is 0 Å². The van der Waals surface area contributed by atoms with Crippen LogP contribution in [0.5, 0.6) is 0 Å². The molecule has 0 aromatic carbocycles. The topological polar surface area (TPSA) is 106 Å². The van der Waals surface area contributed by atoms with E-state index in [9.17, 15) is 4.79 Å². The molecule has 2 rings (SSSR count). The Kier molecular flexibility index (Phi) is 3.69. The van der Waals surface area contributed by atoms with Crippen LogP contribution in [0.25, 0.3) is 0 Å². The average molecular weight is 262 g/mol. The SMILES string of the molecule is CC(CNc1ccc(C(=O)O)nn1)c1nncn1C. The van der Waals surface area contributed by atoms with Crippen LogP contribution < -0.4 is 5.32 Å². The molecule has 2 N–H and O–H groups in total. The maximum Gasteiger partial charge on any atom is 0.356 e. The first-order chi connectivity index (χ1) is 9.08. The van der Waals surface area contributed by atoms with Gasteiger partial charge in [0.05, 0.1) is 0 Å². The second-order valence-electron chi connectivity index (χ2n) is 4.19. The van der Waals surface area contributed by atoms with Crippen LogP contribution in [0.4, 0.5) is 5.82 Å². The van der Waals surface area contributed by atoms with Gasteiger partial charge in [-0.05, 0) is 12.1 Å². The molecule has 0 aliphatic carbocycles. The molecule has 0 saturated carbocycles. The largest absolute Gasteiger partial charge is 0.476 e. The minimum absolute atomic E-state index is 0.0769. The Morgan fingerprint density at radius 3 is 2.74 bits per heavy atom. The summed E-state index contributed by atoms with van der Waals surface area (Å²) in [5.74, 6) is 0.446. The Balaban J connectivity index is 1.95. The van der Waals surface area contributed by atoms with E-state index in [1.165, 1.54) is 6.07 Å². The van der Waals surface area contributed by atoms with Gasteiger partial charge in [0.15, 0.2) is 5.69 Å². The minimum Gasteiger partial charge on any atom is -0.476 e. The molecule has 0 aliphatic heterocycles. The standard InChI is InChI=1S/C11H14N6O2/c1-7(10-16-13-6-17(10)2)5-12-9-4-3-8(11(18)19)14-15-9/h3-4,6-7H,5H2,1-2H3,(H,12,15)(H,18,19). The van der Waals surface area contributed by atoms with Crippen LogP contribution in [0.15, 0.2) is 18.5 Å². The number of nitrogens with one attached hydrogen (secondary N) is 1. The van der Waals surface area contributed by atoms with Crippen molar-refractivity contribution in [2.45, 2.75) is 12.8 Å². The summed E-state index contributed by atoms with van der Waals surface area (Å²) < 4.78 is 1.85. The van der Waals surface area contributed by atoms with Gasteiger partial charge >= 0.3 is 5.97 Å². The Morgan fingerprint density at radius 1 is 1.42 bits per heavy atom. The van der Waals surface area contributed by atoms with Crippen molar-refractivity contribution in [3.05, 3.63) is 30.0 Å². The smallest absolute Gasteiger partial charge is 0.356 e. The zero-order valence-corrected chi connectivity index (χ0v) is 10.6. The molecule has 0 bridgehead atoms. The summed E-state index contributed by atoms with van der Waals surface area (Å²) in [5, 5.41) is 27.0. The van der Waals surface area contributed by atoms with Crippen LogP contribution >= 0.6 is 0 Å². The van der Waals surface area contributed by atoms with E-state index in [0.29, 0.717) is 12.4 Å². The van der Waals surface area contributed by atoms with Crippen LogP contribution in [-0.4, -0.2) is 42.6 Å². The zero-order valence-electron chi connectivity index (χ0n) is 10.6. The molecule has 1 unspecified atom stereocenters. The summed E-state index contributed by atoms with van der Waals surface area (Å²) in [5.41, 5.74) is -0.0769. The number of hydrogen-bond acceptors (Lipinski definition) is 6. The monoisotopic (exact) mass is 262 g/mol. The molecule has 2 aromatic heterocycles. The normalized spacial score (nSPS) is 12.1. The van der Waals surface area contributed by atoms with Gasteiger partial charge in [0, 0.05) is 19.5 Å². The van der Waals surface area contributed by atoms with Crippen LogP contribution in [-0.2, 0) is 7.05 Å². The molecule has 0 amide bonds. The van der Waals surface area contributed by atoms with Crippen molar-refractivity contribution in [3.63, 3.8) is 0 Å². The summed E-state index contributed by atoms with van der Waals surface area (Å²) in [6, 6.07) is 2.99. The molecular weight excluding hydrogens is 248 g/mol. The molecule has 0 saturated heterocycles. The molecule has 0 spiro atoms. The van der Waals surface area contributed by atoms with Crippen molar-refractivity contribution < 1.29 is 9.90 Å². The van der Waals surface area contributed by atoms with Gasteiger partial charge in [0.1, 0.15) is 18.0 Å². The van der Waals surface area contributed by atoms with Crippen molar-refractivity contribution in [1.82, 2.24) is 25.0 Å². The van der Waals surface area contributed by atoms with Gasteiger partial charge in [-0.3, -0.25) is 0 Å².